The third-order valence-corrected chi connectivity index (χ3v) is 6.45. The molecule has 1 aliphatic heterocycles. The highest BCUT2D eigenvalue weighted by molar-refractivity contribution is 7.89. The first-order valence-corrected chi connectivity index (χ1v) is 10.7. The van der Waals surface area contributed by atoms with Crippen LogP contribution in [0.1, 0.15) is 28.9 Å². The standard InChI is InChI=1S/C19H21FN4O3S/c20-14-3-4-17-16(9-14)13(11-21-17)5-6-23-28(26,27)15-10-18(22-12-15)19(25)24-7-1-2-8-24/h3-4,9-12,21-23H,1-2,5-8H2. The zero-order chi connectivity index (χ0) is 19.7. The summed E-state index contributed by atoms with van der Waals surface area (Å²) in [6.07, 6.45) is 5.43. The lowest BCUT2D eigenvalue weighted by Crippen LogP contribution is -2.28. The fraction of sp³-hybridized carbons (Fsp3) is 0.316. The highest BCUT2D eigenvalue weighted by Gasteiger charge is 2.23. The van der Waals surface area contributed by atoms with Crippen molar-refractivity contribution < 1.29 is 17.6 Å². The summed E-state index contributed by atoms with van der Waals surface area (Å²) in [5.41, 5.74) is 1.90. The van der Waals surface area contributed by atoms with E-state index in [2.05, 4.69) is 14.7 Å². The minimum absolute atomic E-state index is 0.0278. The number of likely N-dealkylation sites (tertiary alicyclic amines) is 1. The van der Waals surface area contributed by atoms with Crippen LogP contribution in [0, 0.1) is 5.82 Å². The Kier molecular flexibility index (Phi) is 4.94. The number of carbonyl (C=O) groups excluding carboxylic acids is 1. The Balaban J connectivity index is 1.41. The van der Waals surface area contributed by atoms with Crippen molar-refractivity contribution in [3.63, 3.8) is 0 Å². The van der Waals surface area contributed by atoms with Crippen molar-refractivity contribution in [1.82, 2.24) is 19.6 Å². The number of hydrogen-bond donors (Lipinski definition) is 3. The van der Waals surface area contributed by atoms with E-state index in [4.69, 9.17) is 0 Å². The van der Waals surface area contributed by atoms with Crippen molar-refractivity contribution in [2.45, 2.75) is 24.2 Å². The molecule has 1 fully saturated rings. The van der Waals surface area contributed by atoms with E-state index in [1.807, 2.05) is 0 Å². The Morgan fingerprint density at radius 3 is 2.71 bits per heavy atom. The van der Waals surface area contributed by atoms with E-state index in [9.17, 15) is 17.6 Å². The van der Waals surface area contributed by atoms with Crippen LogP contribution in [0.2, 0.25) is 0 Å². The molecule has 1 aliphatic rings. The van der Waals surface area contributed by atoms with E-state index in [0.717, 1.165) is 29.3 Å². The van der Waals surface area contributed by atoms with Crippen LogP contribution in [0.4, 0.5) is 4.39 Å². The van der Waals surface area contributed by atoms with Gasteiger partial charge >= 0.3 is 0 Å². The maximum absolute atomic E-state index is 13.4. The number of fused-ring (bicyclic) bond motifs is 1. The molecule has 0 saturated carbocycles. The predicted octanol–water partition coefficient (Wildman–Crippen LogP) is 2.39. The van der Waals surface area contributed by atoms with Gasteiger partial charge in [-0.25, -0.2) is 17.5 Å². The average Bonchev–Trinajstić information content (AvgIpc) is 3.42. The molecule has 0 radical (unpaired) electrons. The number of carbonyl (C=O) groups is 1. The number of nitrogens with one attached hydrogen (secondary N) is 3. The lowest BCUT2D eigenvalue weighted by Gasteiger charge is -2.13. The zero-order valence-corrected chi connectivity index (χ0v) is 16.0. The van der Waals surface area contributed by atoms with Gasteiger partial charge in [0.15, 0.2) is 0 Å². The predicted molar refractivity (Wildman–Crippen MR) is 103 cm³/mol. The summed E-state index contributed by atoms with van der Waals surface area (Å²) in [5, 5.41) is 0.735. The summed E-state index contributed by atoms with van der Waals surface area (Å²) >= 11 is 0. The molecule has 1 amide bonds. The molecule has 3 N–H and O–H groups in total. The number of aromatic nitrogens is 2. The van der Waals surface area contributed by atoms with Crippen molar-refractivity contribution in [3.8, 4) is 0 Å². The van der Waals surface area contributed by atoms with Crippen LogP contribution >= 0.6 is 0 Å². The van der Waals surface area contributed by atoms with Gasteiger partial charge in [-0.15, -0.1) is 0 Å². The highest BCUT2D eigenvalue weighted by Crippen LogP contribution is 2.20. The van der Waals surface area contributed by atoms with E-state index < -0.39 is 10.0 Å². The first-order chi connectivity index (χ1) is 13.4. The molecule has 9 heteroatoms. The molecule has 0 bridgehead atoms. The van der Waals surface area contributed by atoms with Crippen LogP contribution in [-0.4, -0.2) is 48.8 Å². The maximum atomic E-state index is 13.4. The van der Waals surface area contributed by atoms with Crippen molar-refractivity contribution >= 4 is 26.8 Å². The molecule has 1 aromatic carbocycles. The van der Waals surface area contributed by atoms with Crippen LogP contribution in [0.15, 0.2) is 41.6 Å². The van der Waals surface area contributed by atoms with Gasteiger partial charge in [-0.2, -0.15) is 0 Å². The van der Waals surface area contributed by atoms with Crippen LogP contribution in [0.5, 0.6) is 0 Å². The second kappa shape index (κ2) is 7.40. The summed E-state index contributed by atoms with van der Waals surface area (Å²) in [6, 6.07) is 5.82. The van der Waals surface area contributed by atoms with Gasteiger partial charge in [-0.3, -0.25) is 4.79 Å². The molecule has 4 rings (SSSR count). The Hall–Kier alpha value is -2.65. The molecule has 0 spiro atoms. The minimum atomic E-state index is -3.75. The summed E-state index contributed by atoms with van der Waals surface area (Å²) < 4.78 is 41.0. The smallest absolute Gasteiger partial charge is 0.270 e. The second-order valence-corrected chi connectivity index (χ2v) is 8.67. The van der Waals surface area contributed by atoms with E-state index >= 15 is 0 Å². The topological polar surface area (TPSA) is 98.1 Å². The summed E-state index contributed by atoms with van der Waals surface area (Å²) in [6.45, 7) is 1.55. The average molecular weight is 404 g/mol. The molecule has 2 aromatic heterocycles. The fourth-order valence-electron chi connectivity index (χ4n) is 3.50. The highest BCUT2D eigenvalue weighted by atomic mass is 32.2. The molecule has 28 heavy (non-hydrogen) atoms. The normalized spacial score (nSPS) is 14.8. The summed E-state index contributed by atoms with van der Waals surface area (Å²) in [5.74, 6) is -0.517. The lowest BCUT2D eigenvalue weighted by atomic mass is 10.1. The number of sulfonamides is 1. The second-order valence-electron chi connectivity index (χ2n) is 6.90. The molecule has 0 atom stereocenters. The molecule has 0 unspecified atom stereocenters. The van der Waals surface area contributed by atoms with E-state index in [0.29, 0.717) is 19.5 Å². The first-order valence-electron chi connectivity index (χ1n) is 9.17. The minimum Gasteiger partial charge on any atom is -0.361 e. The SMILES string of the molecule is O=C(c1cc(S(=O)(=O)NCCc2c[nH]c3ccc(F)cc23)c[nH]1)N1CCCC1. The number of benzene rings is 1. The third kappa shape index (κ3) is 3.67. The van der Waals surface area contributed by atoms with Crippen LogP contribution in [-0.2, 0) is 16.4 Å². The molecular formula is C19H21FN4O3S. The fourth-order valence-corrected chi connectivity index (χ4v) is 4.53. The number of H-pyrrole nitrogens is 2. The molecule has 148 valence electrons. The Labute approximate surface area is 162 Å². The lowest BCUT2D eigenvalue weighted by molar-refractivity contribution is 0.0787. The van der Waals surface area contributed by atoms with Gasteiger partial charge in [0, 0.05) is 42.9 Å². The Bertz CT molecular complexity index is 1110. The molecule has 1 saturated heterocycles. The van der Waals surface area contributed by atoms with Gasteiger partial charge in [0.1, 0.15) is 16.4 Å². The molecule has 3 heterocycles. The Morgan fingerprint density at radius 2 is 1.93 bits per heavy atom. The number of rotatable bonds is 6. The van der Waals surface area contributed by atoms with Gasteiger partial charge in [0.05, 0.1) is 0 Å². The molecular weight excluding hydrogens is 383 g/mol. The molecule has 7 nitrogen and oxygen atoms in total. The van der Waals surface area contributed by atoms with Crippen LogP contribution in [0.3, 0.4) is 0 Å². The number of nitrogens with zero attached hydrogens (tertiary/aromatic N) is 1. The number of amides is 1. The van der Waals surface area contributed by atoms with Crippen molar-refractivity contribution in [3.05, 3.63) is 53.7 Å². The quantitative estimate of drug-likeness (QED) is 0.588. The molecule has 0 aliphatic carbocycles. The largest absolute Gasteiger partial charge is 0.361 e. The van der Waals surface area contributed by atoms with Crippen molar-refractivity contribution in [1.29, 1.82) is 0 Å². The van der Waals surface area contributed by atoms with Crippen molar-refractivity contribution in [2.24, 2.45) is 0 Å². The van der Waals surface area contributed by atoms with E-state index in [-0.39, 0.29) is 28.9 Å². The monoisotopic (exact) mass is 404 g/mol. The van der Waals surface area contributed by atoms with Crippen molar-refractivity contribution in [2.75, 3.05) is 19.6 Å². The number of hydrogen-bond acceptors (Lipinski definition) is 3. The van der Waals surface area contributed by atoms with Gasteiger partial charge < -0.3 is 14.9 Å². The number of aromatic amines is 2. The van der Waals surface area contributed by atoms with Gasteiger partial charge in [0.25, 0.3) is 5.91 Å². The first kappa shape index (κ1) is 18.7. The third-order valence-electron chi connectivity index (χ3n) is 5.01. The van der Waals surface area contributed by atoms with Crippen LogP contribution < -0.4 is 4.72 Å². The number of halogens is 1. The Morgan fingerprint density at radius 1 is 1.14 bits per heavy atom. The van der Waals surface area contributed by atoms with E-state index in [1.165, 1.54) is 24.4 Å². The van der Waals surface area contributed by atoms with E-state index in [1.54, 1.807) is 17.2 Å². The maximum Gasteiger partial charge on any atom is 0.270 e. The van der Waals surface area contributed by atoms with Gasteiger partial charge in [-0.1, -0.05) is 0 Å². The van der Waals surface area contributed by atoms with Crippen LogP contribution in [0.25, 0.3) is 10.9 Å². The molecule has 3 aromatic rings. The summed E-state index contributed by atoms with van der Waals surface area (Å²) in [7, 11) is -3.75. The van der Waals surface area contributed by atoms with Gasteiger partial charge in [-0.05, 0) is 49.1 Å². The zero-order valence-electron chi connectivity index (χ0n) is 15.2. The van der Waals surface area contributed by atoms with Gasteiger partial charge in [0.2, 0.25) is 10.0 Å². The summed E-state index contributed by atoms with van der Waals surface area (Å²) in [4.78, 5) is 19.9.